The van der Waals surface area contributed by atoms with E-state index in [2.05, 4.69) is 10.1 Å². The summed E-state index contributed by atoms with van der Waals surface area (Å²) in [6.45, 7) is -0.175. The smallest absolute Gasteiger partial charge is 0.340 e. The first kappa shape index (κ1) is 16.3. The molecule has 3 aromatic rings. The van der Waals surface area contributed by atoms with Gasteiger partial charge >= 0.3 is 5.97 Å². The summed E-state index contributed by atoms with van der Waals surface area (Å²) in [6.07, 6.45) is 0. The molecule has 0 saturated carbocycles. The van der Waals surface area contributed by atoms with Crippen LogP contribution in [-0.2, 0) is 11.3 Å². The number of nitrogen functional groups attached to an aromatic ring is 1. The van der Waals surface area contributed by atoms with Crippen molar-refractivity contribution in [1.82, 2.24) is 10.1 Å². The summed E-state index contributed by atoms with van der Waals surface area (Å²) in [5.41, 5.74) is 6.92. The summed E-state index contributed by atoms with van der Waals surface area (Å²) >= 11 is 11.7. The van der Waals surface area contributed by atoms with Crippen molar-refractivity contribution in [2.75, 3.05) is 5.73 Å². The van der Waals surface area contributed by atoms with Gasteiger partial charge in [-0.3, -0.25) is 0 Å². The highest BCUT2D eigenvalue weighted by Gasteiger charge is 2.15. The maximum atomic E-state index is 12.0. The Hall–Kier alpha value is -2.57. The van der Waals surface area contributed by atoms with E-state index in [0.29, 0.717) is 15.9 Å². The predicted molar refractivity (Wildman–Crippen MR) is 89.7 cm³/mol. The van der Waals surface area contributed by atoms with Crippen LogP contribution in [0.4, 0.5) is 5.69 Å². The monoisotopic (exact) mass is 363 g/mol. The molecule has 0 radical (unpaired) electrons. The lowest BCUT2D eigenvalue weighted by Crippen LogP contribution is -2.08. The number of nitrogens with zero attached hydrogens (tertiary/aromatic N) is 2. The van der Waals surface area contributed by atoms with E-state index in [-0.39, 0.29) is 23.7 Å². The standard InChI is InChI=1S/C16H11Cl2N3O3/c17-10-3-1-9(2-4-10)15-20-14(24-21-15)8-23-16(22)12-7-11(18)5-6-13(12)19/h1-7H,8,19H2. The number of hydrogen-bond donors (Lipinski definition) is 1. The summed E-state index contributed by atoms with van der Waals surface area (Å²) in [4.78, 5) is 16.2. The van der Waals surface area contributed by atoms with Crippen LogP contribution in [0, 0.1) is 0 Å². The zero-order valence-corrected chi connectivity index (χ0v) is 13.7. The summed E-state index contributed by atoms with van der Waals surface area (Å²) in [5.74, 6) is -0.0878. The van der Waals surface area contributed by atoms with E-state index < -0.39 is 5.97 Å². The van der Waals surface area contributed by atoms with Gasteiger partial charge in [-0.15, -0.1) is 0 Å². The number of carbonyl (C=O) groups excluding carboxylic acids is 1. The van der Waals surface area contributed by atoms with Gasteiger partial charge in [-0.25, -0.2) is 4.79 Å². The van der Waals surface area contributed by atoms with Crippen molar-refractivity contribution < 1.29 is 14.1 Å². The van der Waals surface area contributed by atoms with Gasteiger partial charge in [-0.05, 0) is 42.5 Å². The first-order chi connectivity index (χ1) is 11.5. The highest BCUT2D eigenvalue weighted by molar-refractivity contribution is 6.31. The number of halogens is 2. The number of nitrogens with two attached hydrogens (primary N) is 1. The van der Waals surface area contributed by atoms with Gasteiger partial charge in [0.1, 0.15) is 0 Å². The number of ether oxygens (including phenoxy) is 1. The van der Waals surface area contributed by atoms with Crippen LogP contribution < -0.4 is 5.73 Å². The first-order valence-electron chi connectivity index (χ1n) is 6.83. The van der Waals surface area contributed by atoms with Crippen LogP contribution in [0.2, 0.25) is 10.0 Å². The van der Waals surface area contributed by atoms with E-state index in [4.69, 9.17) is 38.2 Å². The van der Waals surface area contributed by atoms with Crippen molar-refractivity contribution in [3.8, 4) is 11.4 Å². The van der Waals surface area contributed by atoms with Crippen LogP contribution in [0.3, 0.4) is 0 Å². The van der Waals surface area contributed by atoms with E-state index >= 15 is 0 Å². The Bertz CT molecular complexity index is 879. The van der Waals surface area contributed by atoms with E-state index in [0.717, 1.165) is 5.56 Å². The molecule has 6 nitrogen and oxygen atoms in total. The van der Waals surface area contributed by atoms with Crippen molar-refractivity contribution in [2.45, 2.75) is 6.61 Å². The maximum Gasteiger partial charge on any atom is 0.340 e. The van der Waals surface area contributed by atoms with Crippen molar-refractivity contribution in [3.05, 3.63) is 64.0 Å². The quantitative estimate of drug-likeness (QED) is 0.556. The van der Waals surface area contributed by atoms with E-state index in [1.54, 1.807) is 30.3 Å². The zero-order valence-electron chi connectivity index (χ0n) is 12.2. The van der Waals surface area contributed by atoms with Crippen LogP contribution in [0.5, 0.6) is 0 Å². The molecule has 2 aromatic carbocycles. The number of hydrogen-bond acceptors (Lipinski definition) is 6. The van der Waals surface area contributed by atoms with Crippen molar-refractivity contribution in [3.63, 3.8) is 0 Å². The van der Waals surface area contributed by atoms with Crippen LogP contribution >= 0.6 is 23.2 Å². The average Bonchev–Trinajstić information content (AvgIpc) is 3.04. The lowest BCUT2D eigenvalue weighted by molar-refractivity contribution is 0.0431. The van der Waals surface area contributed by atoms with Crippen LogP contribution in [0.25, 0.3) is 11.4 Å². The van der Waals surface area contributed by atoms with E-state index in [9.17, 15) is 4.79 Å². The van der Waals surface area contributed by atoms with Crippen LogP contribution in [0.1, 0.15) is 16.2 Å². The van der Waals surface area contributed by atoms with Crippen LogP contribution in [-0.4, -0.2) is 16.1 Å². The van der Waals surface area contributed by atoms with Gasteiger partial charge in [-0.2, -0.15) is 4.98 Å². The van der Waals surface area contributed by atoms with E-state index in [1.165, 1.54) is 12.1 Å². The van der Waals surface area contributed by atoms with Crippen molar-refractivity contribution >= 4 is 34.9 Å². The molecule has 0 saturated heterocycles. The van der Waals surface area contributed by atoms with Gasteiger partial charge in [0.25, 0.3) is 5.89 Å². The topological polar surface area (TPSA) is 91.2 Å². The Morgan fingerprint density at radius 3 is 2.58 bits per heavy atom. The Balaban J connectivity index is 1.68. The minimum absolute atomic E-state index is 0.161. The highest BCUT2D eigenvalue weighted by atomic mass is 35.5. The molecule has 0 fully saturated rings. The Labute approximate surface area is 147 Å². The average molecular weight is 364 g/mol. The largest absolute Gasteiger partial charge is 0.452 e. The minimum atomic E-state index is -0.624. The summed E-state index contributed by atoms with van der Waals surface area (Å²) in [5, 5.41) is 4.83. The molecule has 1 aromatic heterocycles. The molecule has 3 rings (SSSR count). The van der Waals surface area contributed by atoms with Gasteiger partial charge in [0, 0.05) is 21.3 Å². The Kier molecular flexibility index (Phi) is 4.69. The molecule has 0 atom stereocenters. The molecule has 24 heavy (non-hydrogen) atoms. The summed E-state index contributed by atoms with van der Waals surface area (Å²) in [7, 11) is 0. The molecule has 0 aliphatic rings. The summed E-state index contributed by atoms with van der Waals surface area (Å²) < 4.78 is 10.2. The van der Waals surface area contributed by atoms with Gasteiger partial charge in [0.05, 0.1) is 5.56 Å². The van der Waals surface area contributed by atoms with Gasteiger partial charge < -0.3 is 15.0 Å². The summed E-state index contributed by atoms with van der Waals surface area (Å²) in [6, 6.07) is 11.5. The molecule has 0 unspecified atom stereocenters. The molecule has 0 bridgehead atoms. The molecule has 0 aliphatic heterocycles. The zero-order chi connectivity index (χ0) is 17.1. The molecule has 0 aliphatic carbocycles. The third-order valence-corrected chi connectivity index (χ3v) is 3.62. The second kappa shape index (κ2) is 6.90. The molecular formula is C16H11Cl2N3O3. The predicted octanol–water partition coefficient (Wildman–Crippen LogP) is 3.98. The van der Waals surface area contributed by atoms with Gasteiger partial charge in [-0.1, -0.05) is 28.4 Å². The number of esters is 1. The van der Waals surface area contributed by atoms with Crippen molar-refractivity contribution in [2.24, 2.45) is 0 Å². The second-order valence-corrected chi connectivity index (χ2v) is 5.70. The second-order valence-electron chi connectivity index (χ2n) is 4.83. The third kappa shape index (κ3) is 3.67. The molecule has 8 heteroatoms. The Morgan fingerprint density at radius 2 is 1.83 bits per heavy atom. The Morgan fingerprint density at radius 1 is 1.12 bits per heavy atom. The molecule has 122 valence electrons. The molecule has 0 spiro atoms. The number of carbonyl (C=O) groups is 1. The minimum Gasteiger partial charge on any atom is -0.452 e. The molecular weight excluding hydrogens is 353 g/mol. The maximum absolute atomic E-state index is 12.0. The SMILES string of the molecule is Nc1ccc(Cl)cc1C(=O)OCc1nc(-c2ccc(Cl)cc2)no1. The fraction of sp³-hybridized carbons (Fsp3) is 0.0625. The van der Waals surface area contributed by atoms with Gasteiger partial charge in [0.2, 0.25) is 5.82 Å². The van der Waals surface area contributed by atoms with Gasteiger partial charge in [0.15, 0.2) is 6.61 Å². The fourth-order valence-corrected chi connectivity index (χ4v) is 2.24. The third-order valence-electron chi connectivity index (χ3n) is 3.13. The molecule has 2 N–H and O–H groups in total. The number of aromatic nitrogens is 2. The molecule has 1 heterocycles. The van der Waals surface area contributed by atoms with E-state index in [1.807, 2.05) is 0 Å². The fourth-order valence-electron chi connectivity index (χ4n) is 1.94. The number of anilines is 1. The van der Waals surface area contributed by atoms with Crippen molar-refractivity contribution in [1.29, 1.82) is 0 Å². The lowest BCUT2D eigenvalue weighted by Gasteiger charge is -2.05. The lowest BCUT2D eigenvalue weighted by atomic mass is 10.2. The highest BCUT2D eigenvalue weighted by Crippen LogP contribution is 2.21. The first-order valence-corrected chi connectivity index (χ1v) is 7.59. The number of rotatable bonds is 4. The van der Waals surface area contributed by atoms with Crippen LogP contribution in [0.15, 0.2) is 47.0 Å². The number of benzene rings is 2. The molecule has 0 amide bonds. The normalized spacial score (nSPS) is 10.6.